The molecule has 1 saturated heterocycles. The predicted octanol–water partition coefficient (Wildman–Crippen LogP) is 1.51. The summed E-state index contributed by atoms with van der Waals surface area (Å²) in [5, 5.41) is 6.48. The number of nitrogens with one attached hydrogen (secondary N) is 2. The van der Waals surface area contributed by atoms with Crippen LogP contribution in [0.25, 0.3) is 0 Å². The average molecular weight is 425 g/mol. The largest absolute Gasteiger partial charge is 0.374 e. The van der Waals surface area contributed by atoms with Crippen LogP contribution in [0.4, 0.5) is 0 Å². The van der Waals surface area contributed by atoms with Gasteiger partial charge in [0.1, 0.15) is 0 Å². The van der Waals surface area contributed by atoms with Gasteiger partial charge in [-0.05, 0) is 17.9 Å². The second-order valence-electron chi connectivity index (χ2n) is 7.96. The van der Waals surface area contributed by atoms with Gasteiger partial charge in [-0.3, -0.25) is 9.89 Å². The molecule has 7 nitrogen and oxygen atoms in total. The van der Waals surface area contributed by atoms with Crippen molar-refractivity contribution >= 4 is 15.8 Å². The lowest BCUT2D eigenvalue weighted by atomic mass is 10.2. The van der Waals surface area contributed by atoms with Crippen LogP contribution in [0.15, 0.2) is 35.3 Å². The zero-order valence-electron chi connectivity index (χ0n) is 17.9. The van der Waals surface area contributed by atoms with Gasteiger partial charge < -0.3 is 15.4 Å². The summed E-state index contributed by atoms with van der Waals surface area (Å²) in [6, 6.07) is 9.30. The van der Waals surface area contributed by atoms with E-state index in [1.807, 2.05) is 30.3 Å². The molecule has 29 heavy (non-hydrogen) atoms. The first-order valence-corrected chi connectivity index (χ1v) is 12.2. The fourth-order valence-electron chi connectivity index (χ4n) is 3.42. The van der Waals surface area contributed by atoms with Crippen molar-refractivity contribution in [3.05, 3.63) is 35.9 Å². The van der Waals surface area contributed by atoms with Crippen LogP contribution in [0.2, 0.25) is 0 Å². The Morgan fingerprint density at radius 3 is 2.72 bits per heavy atom. The van der Waals surface area contributed by atoms with E-state index < -0.39 is 9.84 Å². The average Bonchev–Trinajstić information content (AvgIpc) is 2.67. The molecule has 164 valence electrons. The Kier molecular flexibility index (Phi) is 9.90. The van der Waals surface area contributed by atoms with Gasteiger partial charge in [0.2, 0.25) is 0 Å². The summed E-state index contributed by atoms with van der Waals surface area (Å²) < 4.78 is 30.4. The lowest BCUT2D eigenvalue weighted by Gasteiger charge is -2.34. The van der Waals surface area contributed by atoms with Crippen molar-refractivity contribution in [3.8, 4) is 0 Å². The molecule has 2 N–H and O–H groups in total. The third-order valence-electron chi connectivity index (χ3n) is 4.72. The zero-order valence-corrected chi connectivity index (χ0v) is 18.7. The van der Waals surface area contributed by atoms with Crippen LogP contribution in [-0.2, 0) is 20.3 Å². The molecule has 0 aromatic heterocycles. The fraction of sp³-hybridized carbons (Fsp3) is 0.667. The second-order valence-corrected chi connectivity index (χ2v) is 10.1. The number of hydrogen-bond donors (Lipinski definition) is 2. The van der Waals surface area contributed by atoms with Crippen LogP contribution in [0, 0.1) is 5.92 Å². The highest BCUT2D eigenvalue weighted by molar-refractivity contribution is 7.90. The van der Waals surface area contributed by atoms with Gasteiger partial charge in [0.05, 0.1) is 24.2 Å². The lowest BCUT2D eigenvalue weighted by Crippen LogP contribution is -2.50. The predicted molar refractivity (Wildman–Crippen MR) is 119 cm³/mol. The number of aliphatic imine (C=N–C) groups is 1. The van der Waals surface area contributed by atoms with E-state index in [1.54, 1.807) is 7.05 Å². The minimum Gasteiger partial charge on any atom is -0.374 e. The van der Waals surface area contributed by atoms with Crippen LogP contribution in [0.1, 0.15) is 25.8 Å². The SMILES string of the molecule is CN=C(NCCCS(=O)(=O)Cc1ccccc1)NCC1CN(CC(C)C)CCO1. The molecule has 0 bridgehead atoms. The highest BCUT2D eigenvalue weighted by Crippen LogP contribution is 2.08. The van der Waals surface area contributed by atoms with Crippen LogP contribution < -0.4 is 10.6 Å². The van der Waals surface area contributed by atoms with E-state index in [-0.39, 0.29) is 17.6 Å². The van der Waals surface area contributed by atoms with Crippen molar-refractivity contribution < 1.29 is 13.2 Å². The summed E-state index contributed by atoms with van der Waals surface area (Å²) in [4.78, 5) is 6.66. The number of hydrogen-bond acceptors (Lipinski definition) is 5. The van der Waals surface area contributed by atoms with Crippen molar-refractivity contribution in [1.29, 1.82) is 0 Å². The van der Waals surface area contributed by atoms with Gasteiger partial charge in [0, 0.05) is 39.8 Å². The van der Waals surface area contributed by atoms with E-state index in [2.05, 4.69) is 34.4 Å². The molecule has 1 aromatic carbocycles. The Hall–Kier alpha value is -1.64. The summed E-state index contributed by atoms with van der Waals surface area (Å²) in [5.74, 6) is 1.57. The van der Waals surface area contributed by atoms with Gasteiger partial charge in [-0.2, -0.15) is 0 Å². The van der Waals surface area contributed by atoms with Crippen molar-refractivity contribution in [2.24, 2.45) is 10.9 Å². The van der Waals surface area contributed by atoms with E-state index in [4.69, 9.17) is 4.74 Å². The number of morpholine rings is 1. The smallest absolute Gasteiger partial charge is 0.191 e. The first-order chi connectivity index (χ1) is 13.9. The van der Waals surface area contributed by atoms with Crippen molar-refractivity contribution in [2.75, 3.05) is 52.1 Å². The molecule has 2 rings (SSSR count). The van der Waals surface area contributed by atoms with Gasteiger partial charge >= 0.3 is 0 Å². The zero-order chi connectivity index (χ0) is 21.1. The van der Waals surface area contributed by atoms with Gasteiger partial charge in [0.25, 0.3) is 0 Å². The van der Waals surface area contributed by atoms with Gasteiger partial charge in [-0.25, -0.2) is 8.42 Å². The molecule has 1 aliphatic rings. The first kappa shape index (κ1) is 23.6. The van der Waals surface area contributed by atoms with Gasteiger partial charge in [-0.1, -0.05) is 44.2 Å². The molecule has 0 aliphatic carbocycles. The van der Waals surface area contributed by atoms with E-state index in [1.165, 1.54) is 0 Å². The molecule has 0 saturated carbocycles. The summed E-state index contributed by atoms with van der Waals surface area (Å²) in [5.41, 5.74) is 0.830. The Labute approximate surface area is 175 Å². The van der Waals surface area contributed by atoms with E-state index in [9.17, 15) is 8.42 Å². The summed E-state index contributed by atoms with van der Waals surface area (Å²) in [6.07, 6.45) is 0.671. The van der Waals surface area contributed by atoms with Gasteiger partial charge in [-0.15, -0.1) is 0 Å². The van der Waals surface area contributed by atoms with Crippen molar-refractivity contribution in [1.82, 2.24) is 15.5 Å². The Bertz CT molecular complexity index is 723. The Balaban J connectivity index is 1.66. The molecule has 0 radical (unpaired) electrons. The van der Waals surface area contributed by atoms with E-state index >= 15 is 0 Å². The lowest BCUT2D eigenvalue weighted by molar-refractivity contribution is -0.0284. The summed E-state index contributed by atoms with van der Waals surface area (Å²) in [6.45, 7) is 9.44. The molecule has 1 heterocycles. The molecule has 1 aliphatic heterocycles. The first-order valence-electron chi connectivity index (χ1n) is 10.4. The van der Waals surface area contributed by atoms with Gasteiger partial charge in [0.15, 0.2) is 15.8 Å². The number of nitrogens with zero attached hydrogens (tertiary/aromatic N) is 2. The number of rotatable bonds is 10. The monoisotopic (exact) mass is 424 g/mol. The molecular weight excluding hydrogens is 388 g/mol. The summed E-state index contributed by atoms with van der Waals surface area (Å²) >= 11 is 0. The maximum absolute atomic E-state index is 12.3. The molecule has 0 spiro atoms. The number of sulfone groups is 1. The normalized spacial score (nSPS) is 18.8. The van der Waals surface area contributed by atoms with Crippen LogP contribution in [-0.4, -0.2) is 77.5 Å². The molecule has 1 fully saturated rings. The Morgan fingerprint density at radius 1 is 1.28 bits per heavy atom. The highest BCUT2D eigenvalue weighted by atomic mass is 32.2. The topological polar surface area (TPSA) is 83.0 Å². The minimum absolute atomic E-state index is 0.0900. The molecule has 1 aromatic rings. The maximum atomic E-state index is 12.3. The van der Waals surface area contributed by atoms with E-state index in [0.717, 1.165) is 31.8 Å². The molecule has 0 amide bonds. The minimum atomic E-state index is -3.11. The van der Waals surface area contributed by atoms with Crippen molar-refractivity contribution in [3.63, 3.8) is 0 Å². The molecule has 1 unspecified atom stereocenters. The third-order valence-corrected chi connectivity index (χ3v) is 6.40. The third kappa shape index (κ3) is 9.60. The standard InChI is InChI=1S/C21H36N4O3S/c1-18(2)15-25-11-12-28-20(16-25)14-24-21(22-3)23-10-7-13-29(26,27)17-19-8-5-4-6-9-19/h4-6,8-9,18,20H,7,10-17H2,1-3H3,(H2,22,23,24). The number of guanidine groups is 1. The number of benzene rings is 1. The highest BCUT2D eigenvalue weighted by Gasteiger charge is 2.21. The van der Waals surface area contributed by atoms with Crippen molar-refractivity contribution in [2.45, 2.75) is 32.1 Å². The molecule has 8 heteroatoms. The second kappa shape index (κ2) is 12.1. The quantitative estimate of drug-likeness (QED) is 0.337. The number of ether oxygens (including phenoxy) is 1. The van der Waals surface area contributed by atoms with Crippen LogP contribution in [0.5, 0.6) is 0 Å². The summed E-state index contributed by atoms with van der Waals surface area (Å²) in [7, 11) is -1.39. The van der Waals surface area contributed by atoms with Crippen LogP contribution >= 0.6 is 0 Å². The van der Waals surface area contributed by atoms with Crippen LogP contribution in [0.3, 0.4) is 0 Å². The molecule has 1 atom stereocenters. The molecular formula is C21H36N4O3S. The maximum Gasteiger partial charge on any atom is 0.191 e. The Morgan fingerprint density at radius 2 is 2.03 bits per heavy atom. The van der Waals surface area contributed by atoms with E-state index in [0.29, 0.717) is 31.4 Å². The fourth-order valence-corrected chi connectivity index (χ4v) is 4.85.